The Labute approximate surface area is 67.9 Å². The molecule has 0 heterocycles. The average molecular weight is 160 g/mol. The summed E-state index contributed by atoms with van der Waals surface area (Å²) in [4.78, 5) is 0. The first-order chi connectivity index (χ1) is 5.26. The Morgan fingerprint density at radius 1 is 1.27 bits per heavy atom. The Bertz CT molecular complexity index is 117. The topological polar surface area (TPSA) is 27.7 Å². The number of hydrogen-bond donors (Lipinski definition) is 0. The molecule has 3 nitrogen and oxygen atoms in total. The fourth-order valence-electron chi connectivity index (χ4n) is 0.779. The predicted octanol–water partition coefficient (Wildman–Crippen LogP) is 1.20. The van der Waals surface area contributed by atoms with Gasteiger partial charge in [0.2, 0.25) is 0 Å². The molecule has 0 atom stereocenters. The SMILES string of the molecule is COCC=C(C)C(OC)OC. The highest BCUT2D eigenvalue weighted by Gasteiger charge is 2.05. The molecule has 0 spiro atoms. The fraction of sp³-hybridized carbons (Fsp3) is 0.750. The van der Waals surface area contributed by atoms with E-state index in [1.165, 1.54) is 0 Å². The van der Waals surface area contributed by atoms with Gasteiger partial charge in [-0.2, -0.15) is 0 Å². The molecule has 0 unspecified atom stereocenters. The van der Waals surface area contributed by atoms with Crippen LogP contribution in [-0.4, -0.2) is 34.2 Å². The van der Waals surface area contributed by atoms with E-state index in [2.05, 4.69) is 0 Å². The summed E-state index contributed by atoms with van der Waals surface area (Å²) >= 11 is 0. The van der Waals surface area contributed by atoms with Crippen molar-refractivity contribution in [1.82, 2.24) is 0 Å². The first-order valence-electron chi connectivity index (χ1n) is 3.47. The number of methoxy groups -OCH3 is 3. The summed E-state index contributed by atoms with van der Waals surface area (Å²) in [7, 11) is 4.87. The van der Waals surface area contributed by atoms with Gasteiger partial charge in [-0.25, -0.2) is 0 Å². The zero-order chi connectivity index (χ0) is 8.69. The minimum Gasteiger partial charge on any atom is -0.381 e. The minimum absolute atomic E-state index is 0.245. The van der Waals surface area contributed by atoms with Crippen LogP contribution in [0.2, 0.25) is 0 Å². The molecule has 0 aliphatic carbocycles. The second-order valence-electron chi connectivity index (χ2n) is 2.21. The van der Waals surface area contributed by atoms with Gasteiger partial charge in [-0.05, 0) is 12.5 Å². The molecule has 66 valence electrons. The molecular formula is C8H16O3. The zero-order valence-electron chi connectivity index (χ0n) is 7.59. The highest BCUT2D eigenvalue weighted by molar-refractivity contribution is 5.01. The molecule has 0 saturated carbocycles. The quantitative estimate of drug-likeness (QED) is 0.446. The molecule has 0 rings (SSSR count). The Morgan fingerprint density at radius 3 is 2.18 bits per heavy atom. The van der Waals surface area contributed by atoms with Crippen molar-refractivity contribution in [3.63, 3.8) is 0 Å². The van der Waals surface area contributed by atoms with Crippen molar-refractivity contribution < 1.29 is 14.2 Å². The molecule has 0 aliphatic heterocycles. The maximum absolute atomic E-state index is 5.01. The molecule has 0 aliphatic rings. The van der Waals surface area contributed by atoms with Gasteiger partial charge in [-0.3, -0.25) is 0 Å². The van der Waals surface area contributed by atoms with Gasteiger partial charge in [0.15, 0.2) is 6.29 Å². The van der Waals surface area contributed by atoms with Gasteiger partial charge in [-0.15, -0.1) is 0 Å². The van der Waals surface area contributed by atoms with Crippen molar-refractivity contribution in [3.05, 3.63) is 11.6 Å². The summed E-state index contributed by atoms with van der Waals surface area (Å²) < 4.78 is 14.9. The van der Waals surface area contributed by atoms with E-state index in [1.54, 1.807) is 21.3 Å². The van der Waals surface area contributed by atoms with E-state index in [9.17, 15) is 0 Å². The van der Waals surface area contributed by atoms with Crippen LogP contribution in [0.25, 0.3) is 0 Å². The second-order valence-corrected chi connectivity index (χ2v) is 2.21. The smallest absolute Gasteiger partial charge is 0.178 e. The van der Waals surface area contributed by atoms with Crippen LogP contribution in [0.3, 0.4) is 0 Å². The second kappa shape index (κ2) is 6.34. The van der Waals surface area contributed by atoms with Gasteiger partial charge in [0.1, 0.15) is 0 Å². The first kappa shape index (κ1) is 10.6. The molecular weight excluding hydrogens is 144 g/mol. The fourth-order valence-corrected chi connectivity index (χ4v) is 0.779. The van der Waals surface area contributed by atoms with Crippen molar-refractivity contribution in [2.75, 3.05) is 27.9 Å². The summed E-state index contributed by atoms with van der Waals surface area (Å²) in [6, 6.07) is 0. The van der Waals surface area contributed by atoms with Crippen LogP contribution in [0, 0.1) is 0 Å². The summed E-state index contributed by atoms with van der Waals surface area (Å²) in [6.45, 7) is 2.53. The summed E-state index contributed by atoms with van der Waals surface area (Å²) in [5.41, 5.74) is 1.02. The van der Waals surface area contributed by atoms with E-state index >= 15 is 0 Å². The molecule has 0 N–H and O–H groups in total. The van der Waals surface area contributed by atoms with Crippen molar-refractivity contribution in [2.24, 2.45) is 0 Å². The molecule has 3 heteroatoms. The van der Waals surface area contributed by atoms with Crippen molar-refractivity contribution in [1.29, 1.82) is 0 Å². The monoisotopic (exact) mass is 160 g/mol. The predicted molar refractivity (Wildman–Crippen MR) is 43.4 cm³/mol. The summed E-state index contributed by atoms with van der Waals surface area (Å²) in [5, 5.41) is 0. The molecule has 0 saturated heterocycles. The number of rotatable bonds is 5. The normalized spacial score (nSPS) is 12.6. The lowest BCUT2D eigenvalue weighted by Crippen LogP contribution is -2.14. The lowest BCUT2D eigenvalue weighted by molar-refractivity contribution is -0.0750. The number of ether oxygens (including phenoxy) is 3. The van der Waals surface area contributed by atoms with Gasteiger partial charge in [0.05, 0.1) is 6.61 Å². The standard InChI is InChI=1S/C8H16O3/c1-7(5-6-9-2)8(10-3)11-4/h5,8H,6H2,1-4H3. The highest BCUT2D eigenvalue weighted by atomic mass is 16.7. The Hall–Kier alpha value is -0.380. The maximum Gasteiger partial charge on any atom is 0.178 e. The van der Waals surface area contributed by atoms with E-state index in [0.29, 0.717) is 6.61 Å². The van der Waals surface area contributed by atoms with Crippen molar-refractivity contribution >= 4 is 0 Å². The average Bonchev–Trinajstić information content (AvgIpc) is 2.03. The maximum atomic E-state index is 5.01. The third kappa shape index (κ3) is 4.14. The van der Waals surface area contributed by atoms with Crippen LogP contribution in [0.1, 0.15) is 6.92 Å². The number of hydrogen-bond acceptors (Lipinski definition) is 3. The van der Waals surface area contributed by atoms with Gasteiger partial charge >= 0.3 is 0 Å². The molecule has 11 heavy (non-hydrogen) atoms. The highest BCUT2D eigenvalue weighted by Crippen LogP contribution is 2.04. The first-order valence-corrected chi connectivity index (χ1v) is 3.47. The molecule has 0 aromatic rings. The van der Waals surface area contributed by atoms with Crippen LogP contribution in [-0.2, 0) is 14.2 Å². The lowest BCUT2D eigenvalue weighted by atomic mass is 10.3. The molecule has 0 bridgehead atoms. The van der Waals surface area contributed by atoms with Crippen LogP contribution >= 0.6 is 0 Å². The van der Waals surface area contributed by atoms with E-state index in [4.69, 9.17) is 14.2 Å². The van der Waals surface area contributed by atoms with Gasteiger partial charge in [0.25, 0.3) is 0 Å². The minimum atomic E-state index is -0.245. The van der Waals surface area contributed by atoms with Crippen molar-refractivity contribution in [2.45, 2.75) is 13.2 Å². The van der Waals surface area contributed by atoms with E-state index < -0.39 is 0 Å². The zero-order valence-corrected chi connectivity index (χ0v) is 7.59. The van der Waals surface area contributed by atoms with E-state index in [0.717, 1.165) is 5.57 Å². The Kier molecular flexibility index (Phi) is 6.12. The molecule has 0 aromatic carbocycles. The molecule has 0 fully saturated rings. The lowest BCUT2D eigenvalue weighted by Gasteiger charge is -2.13. The van der Waals surface area contributed by atoms with Crippen LogP contribution in [0.5, 0.6) is 0 Å². The Balaban J connectivity index is 3.85. The van der Waals surface area contributed by atoms with Crippen LogP contribution in [0.4, 0.5) is 0 Å². The summed E-state index contributed by atoms with van der Waals surface area (Å²) in [5.74, 6) is 0. The molecule has 0 radical (unpaired) electrons. The van der Waals surface area contributed by atoms with Crippen molar-refractivity contribution in [3.8, 4) is 0 Å². The van der Waals surface area contributed by atoms with Gasteiger partial charge < -0.3 is 14.2 Å². The summed E-state index contributed by atoms with van der Waals surface area (Å²) in [6.07, 6.45) is 1.68. The largest absolute Gasteiger partial charge is 0.381 e. The van der Waals surface area contributed by atoms with Crippen LogP contribution < -0.4 is 0 Å². The third-order valence-corrected chi connectivity index (χ3v) is 1.37. The van der Waals surface area contributed by atoms with Gasteiger partial charge in [0, 0.05) is 21.3 Å². The van der Waals surface area contributed by atoms with Gasteiger partial charge in [-0.1, -0.05) is 6.08 Å². The molecule has 0 aromatic heterocycles. The van der Waals surface area contributed by atoms with E-state index in [-0.39, 0.29) is 6.29 Å². The van der Waals surface area contributed by atoms with E-state index in [1.807, 2.05) is 13.0 Å². The molecule has 0 amide bonds. The Morgan fingerprint density at radius 2 is 1.82 bits per heavy atom. The van der Waals surface area contributed by atoms with Crippen LogP contribution in [0.15, 0.2) is 11.6 Å². The third-order valence-electron chi connectivity index (χ3n) is 1.37.